The SMILES string of the molecule is CC(C)c1ccnc(CN(C)C)c1. The minimum absolute atomic E-state index is 0.587. The molecular formula is C11H18N2. The van der Waals surface area contributed by atoms with Crippen LogP contribution in [0.25, 0.3) is 0 Å². The summed E-state index contributed by atoms with van der Waals surface area (Å²) in [4.78, 5) is 6.45. The molecule has 2 nitrogen and oxygen atoms in total. The van der Waals surface area contributed by atoms with E-state index < -0.39 is 0 Å². The highest BCUT2D eigenvalue weighted by molar-refractivity contribution is 5.19. The summed E-state index contributed by atoms with van der Waals surface area (Å²) in [5.41, 5.74) is 2.52. The van der Waals surface area contributed by atoms with Crippen molar-refractivity contribution in [2.24, 2.45) is 0 Å². The van der Waals surface area contributed by atoms with Gasteiger partial charge in [-0.3, -0.25) is 4.98 Å². The van der Waals surface area contributed by atoms with Gasteiger partial charge in [0.05, 0.1) is 5.69 Å². The molecule has 0 aliphatic rings. The molecule has 0 spiro atoms. The van der Waals surface area contributed by atoms with Crippen molar-refractivity contribution in [1.82, 2.24) is 9.88 Å². The average molecular weight is 178 g/mol. The highest BCUT2D eigenvalue weighted by Gasteiger charge is 2.01. The molecule has 0 aromatic carbocycles. The van der Waals surface area contributed by atoms with Crippen LogP contribution in [0.3, 0.4) is 0 Å². The van der Waals surface area contributed by atoms with Gasteiger partial charge >= 0.3 is 0 Å². The fourth-order valence-corrected chi connectivity index (χ4v) is 1.27. The molecule has 13 heavy (non-hydrogen) atoms. The molecular weight excluding hydrogens is 160 g/mol. The minimum Gasteiger partial charge on any atom is -0.304 e. The van der Waals surface area contributed by atoms with Crippen molar-refractivity contribution >= 4 is 0 Å². The molecule has 1 rings (SSSR count). The number of nitrogens with zero attached hydrogens (tertiary/aromatic N) is 2. The molecule has 1 heterocycles. The van der Waals surface area contributed by atoms with Gasteiger partial charge in [-0.05, 0) is 37.7 Å². The van der Waals surface area contributed by atoms with Crippen molar-refractivity contribution in [2.45, 2.75) is 26.3 Å². The van der Waals surface area contributed by atoms with Crippen molar-refractivity contribution < 1.29 is 0 Å². The van der Waals surface area contributed by atoms with E-state index in [0.29, 0.717) is 5.92 Å². The molecule has 72 valence electrons. The second-order valence-electron chi connectivity index (χ2n) is 3.97. The van der Waals surface area contributed by atoms with Gasteiger partial charge in [0.1, 0.15) is 0 Å². The Hall–Kier alpha value is -0.890. The van der Waals surface area contributed by atoms with E-state index in [-0.39, 0.29) is 0 Å². The van der Waals surface area contributed by atoms with E-state index in [1.165, 1.54) is 5.56 Å². The van der Waals surface area contributed by atoms with E-state index in [4.69, 9.17) is 0 Å². The van der Waals surface area contributed by atoms with E-state index in [2.05, 4.69) is 50.0 Å². The van der Waals surface area contributed by atoms with Gasteiger partial charge in [0.15, 0.2) is 0 Å². The van der Waals surface area contributed by atoms with Crippen molar-refractivity contribution in [3.05, 3.63) is 29.6 Å². The van der Waals surface area contributed by atoms with Crippen molar-refractivity contribution in [3.8, 4) is 0 Å². The molecule has 0 amide bonds. The normalized spacial score (nSPS) is 11.2. The first-order valence-corrected chi connectivity index (χ1v) is 4.69. The zero-order chi connectivity index (χ0) is 9.84. The van der Waals surface area contributed by atoms with E-state index >= 15 is 0 Å². The van der Waals surface area contributed by atoms with E-state index in [1.807, 2.05) is 6.20 Å². The third-order valence-electron chi connectivity index (χ3n) is 1.99. The van der Waals surface area contributed by atoms with Crippen LogP contribution in [0.5, 0.6) is 0 Å². The molecule has 0 atom stereocenters. The Morgan fingerprint density at radius 2 is 2.08 bits per heavy atom. The maximum Gasteiger partial charge on any atom is 0.0546 e. The summed E-state index contributed by atoms with van der Waals surface area (Å²) in [5.74, 6) is 0.587. The molecule has 1 aromatic rings. The molecule has 0 unspecified atom stereocenters. The van der Waals surface area contributed by atoms with Crippen LogP contribution in [0, 0.1) is 0 Å². The van der Waals surface area contributed by atoms with Gasteiger partial charge < -0.3 is 4.90 Å². The van der Waals surface area contributed by atoms with Crippen LogP contribution in [-0.2, 0) is 6.54 Å². The monoisotopic (exact) mass is 178 g/mol. The van der Waals surface area contributed by atoms with Crippen molar-refractivity contribution in [2.75, 3.05) is 14.1 Å². The van der Waals surface area contributed by atoms with Crippen LogP contribution in [-0.4, -0.2) is 24.0 Å². The maximum absolute atomic E-state index is 4.32. The van der Waals surface area contributed by atoms with Crippen molar-refractivity contribution in [1.29, 1.82) is 0 Å². The summed E-state index contributed by atoms with van der Waals surface area (Å²) >= 11 is 0. The molecule has 2 heteroatoms. The Bertz CT molecular complexity index is 267. The lowest BCUT2D eigenvalue weighted by molar-refractivity contribution is 0.396. The lowest BCUT2D eigenvalue weighted by Crippen LogP contribution is -2.12. The Kier molecular flexibility index (Phi) is 3.43. The summed E-state index contributed by atoms with van der Waals surface area (Å²) < 4.78 is 0. The minimum atomic E-state index is 0.587. The first-order valence-electron chi connectivity index (χ1n) is 4.69. The summed E-state index contributed by atoms with van der Waals surface area (Å²) in [6.07, 6.45) is 1.90. The summed E-state index contributed by atoms with van der Waals surface area (Å²) in [6, 6.07) is 4.27. The molecule has 0 N–H and O–H groups in total. The summed E-state index contributed by atoms with van der Waals surface area (Å²) in [5, 5.41) is 0. The standard InChI is InChI=1S/C11H18N2/c1-9(2)10-5-6-12-11(7-10)8-13(3)4/h5-7,9H,8H2,1-4H3. The second-order valence-corrected chi connectivity index (χ2v) is 3.97. The highest BCUT2D eigenvalue weighted by Crippen LogP contribution is 2.14. The van der Waals surface area contributed by atoms with Gasteiger partial charge in [0.2, 0.25) is 0 Å². The maximum atomic E-state index is 4.32. The fraction of sp³-hybridized carbons (Fsp3) is 0.545. The molecule has 0 bridgehead atoms. The van der Waals surface area contributed by atoms with Crippen LogP contribution in [0.1, 0.15) is 31.0 Å². The van der Waals surface area contributed by atoms with Gasteiger partial charge in [-0.2, -0.15) is 0 Å². The number of rotatable bonds is 3. The third kappa shape index (κ3) is 3.15. The van der Waals surface area contributed by atoms with Gasteiger partial charge in [-0.15, -0.1) is 0 Å². The van der Waals surface area contributed by atoms with Gasteiger partial charge in [0, 0.05) is 12.7 Å². The smallest absolute Gasteiger partial charge is 0.0546 e. The average Bonchev–Trinajstić information content (AvgIpc) is 2.03. The van der Waals surface area contributed by atoms with E-state index in [0.717, 1.165) is 12.2 Å². The van der Waals surface area contributed by atoms with Gasteiger partial charge in [-0.25, -0.2) is 0 Å². The number of hydrogen-bond donors (Lipinski definition) is 0. The van der Waals surface area contributed by atoms with E-state index in [9.17, 15) is 0 Å². The molecule has 0 saturated carbocycles. The van der Waals surface area contributed by atoms with E-state index in [1.54, 1.807) is 0 Å². The highest BCUT2D eigenvalue weighted by atomic mass is 15.1. The second kappa shape index (κ2) is 4.38. The summed E-state index contributed by atoms with van der Waals surface area (Å²) in [7, 11) is 4.12. The molecule has 0 aliphatic carbocycles. The fourth-order valence-electron chi connectivity index (χ4n) is 1.27. The van der Waals surface area contributed by atoms with Crippen LogP contribution in [0.15, 0.2) is 18.3 Å². The topological polar surface area (TPSA) is 16.1 Å². The first-order chi connectivity index (χ1) is 6.09. The third-order valence-corrected chi connectivity index (χ3v) is 1.99. The molecule has 1 aromatic heterocycles. The molecule has 0 aliphatic heterocycles. The number of aromatic nitrogens is 1. The number of hydrogen-bond acceptors (Lipinski definition) is 2. The Morgan fingerprint density at radius 3 is 2.62 bits per heavy atom. The zero-order valence-corrected chi connectivity index (χ0v) is 8.91. The Balaban J connectivity index is 2.79. The van der Waals surface area contributed by atoms with Crippen LogP contribution >= 0.6 is 0 Å². The predicted octanol–water partition coefficient (Wildman–Crippen LogP) is 2.27. The predicted molar refractivity (Wildman–Crippen MR) is 55.7 cm³/mol. The van der Waals surface area contributed by atoms with Crippen LogP contribution in [0.2, 0.25) is 0 Å². The quantitative estimate of drug-likeness (QED) is 0.706. The summed E-state index contributed by atoms with van der Waals surface area (Å²) in [6.45, 7) is 5.32. The Morgan fingerprint density at radius 1 is 1.38 bits per heavy atom. The van der Waals surface area contributed by atoms with Gasteiger partial charge in [0.25, 0.3) is 0 Å². The molecule has 0 fully saturated rings. The first kappa shape index (κ1) is 10.2. The van der Waals surface area contributed by atoms with Crippen LogP contribution in [0.4, 0.5) is 0 Å². The van der Waals surface area contributed by atoms with Crippen LogP contribution < -0.4 is 0 Å². The van der Waals surface area contributed by atoms with Crippen molar-refractivity contribution in [3.63, 3.8) is 0 Å². The zero-order valence-electron chi connectivity index (χ0n) is 8.91. The molecule has 0 radical (unpaired) electrons. The lowest BCUT2D eigenvalue weighted by Gasteiger charge is -2.11. The molecule has 0 saturated heterocycles. The Labute approximate surface area is 80.6 Å². The largest absolute Gasteiger partial charge is 0.304 e. The number of pyridine rings is 1. The van der Waals surface area contributed by atoms with Gasteiger partial charge in [-0.1, -0.05) is 13.8 Å². The lowest BCUT2D eigenvalue weighted by atomic mass is 10.0.